The van der Waals surface area contributed by atoms with Gasteiger partial charge in [0, 0.05) is 6.42 Å². The van der Waals surface area contributed by atoms with E-state index in [1.54, 1.807) is 0 Å². The van der Waals surface area contributed by atoms with E-state index in [0.717, 1.165) is 0 Å². The third kappa shape index (κ3) is 3.86. The minimum atomic E-state index is -3.27. The molecule has 1 fully saturated rings. The average Bonchev–Trinajstić information content (AvgIpc) is 2.18. The monoisotopic (exact) mass is 240 g/mol. The smallest absolute Gasteiger partial charge is 0.434 e. The largest absolute Gasteiger partial charge is 0.509 e. The normalized spacial score (nSPS) is 26.7. The summed E-state index contributed by atoms with van der Waals surface area (Å²) in [7, 11) is -3.27. The Morgan fingerprint density at radius 1 is 1.60 bits per heavy atom. The minimum absolute atomic E-state index is 0.256. The van der Waals surface area contributed by atoms with Gasteiger partial charge in [0.15, 0.2) is 0 Å². The van der Waals surface area contributed by atoms with Gasteiger partial charge in [-0.2, -0.15) is 0 Å². The van der Waals surface area contributed by atoms with Crippen LogP contribution in [-0.4, -0.2) is 33.9 Å². The Bertz CT molecular complexity index is 219. The van der Waals surface area contributed by atoms with Crippen LogP contribution >= 0.6 is 10.9 Å². The maximum Gasteiger partial charge on any atom is 0.509 e. The number of hydrogen-bond donors (Lipinski definition) is 2. The summed E-state index contributed by atoms with van der Waals surface area (Å²) in [5.74, 6) is 0. The maximum absolute atomic E-state index is 11.0. The third-order valence-electron chi connectivity index (χ3n) is 1.84. The number of carbonyl (C=O) groups is 1. The van der Waals surface area contributed by atoms with E-state index in [1.165, 1.54) is 0 Å². The number of hydrogen-bond acceptors (Lipinski definition) is 6. The van der Waals surface area contributed by atoms with E-state index in [9.17, 15) is 13.9 Å². The van der Waals surface area contributed by atoms with Gasteiger partial charge in [-0.1, -0.05) is 6.92 Å². The molecule has 0 aromatic carbocycles. The molecule has 1 unspecified atom stereocenters. The standard InChI is InChI=1S/C8H16O6S/c1-2-5-12-8(9)14-7-4-3-6-13-15(7,10)11/h7,10-11H,2-6H2,1H3. The summed E-state index contributed by atoms with van der Waals surface area (Å²) in [4.78, 5) is 11.0. The van der Waals surface area contributed by atoms with Gasteiger partial charge in [0.2, 0.25) is 5.44 Å². The van der Waals surface area contributed by atoms with Crippen molar-refractivity contribution >= 4 is 17.0 Å². The molecule has 0 amide bonds. The number of ether oxygens (including phenoxy) is 2. The highest BCUT2D eigenvalue weighted by Crippen LogP contribution is 2.50. The molecule has 0 aliphatic carbocycles. The Labute approximate surface area is 90.1 Å². The van der Waals surface area contributed by atoms with E-state index in [-0.39, 0.29) is 13.2 Å². The van der Waals surface area contributed by atoms with Crippen molar-refractivity contribution in [2.45, 2.75) is 31.6 Å². The van der Waals surface area contributed by atoms with Crippen molar-refractivity contribution < 1.29 is 27.6 Å². The van der Waals surface area contributed by atoms with Crippen LogP contribution in [0.15, 0.2) is 0 Å². The third-order valence-corrected chi connectivity index (χ3v) is 3.37. The lowest BCUT2D eigenvalue weighted by atomic mass is 10.3. The van der Waals surface area contributed by atoms with Crippen LogP contribution in [-0.2, 0) is 13.7 Å². The summed E-state index contributed by atoms with van der Waals surface area (Å²) in [5.41, 5.74) is -1.00. The molecule has 1 saturated heterocycles. The Morgan fingerprint density at radius 3 is 2.93 bits per heavy atom. The molecule has 1 heterocycles. The summed E-state index contributed by atoms with van der Waals surface area (Å²) in [5, 5.41) is 0. The summed E-state index contributed by atoms with van der Waals surface area (Å²) in [6.07, 6.45) is 0.810. The molecule has 0 radical (unpaired) electrons. The van der Waals surface area contributed by atoms with Gasteiger partial charge < -0.3 is 18.6 Å². The van der Waals surface area contributed by atoms with Gasteiger partial charge in [0.1, 0.15) is 10.9 Å². The van der Waals surface area contributed by atoms with Crippen LogP contribution in [0.25, 0.3) is 0 Å². The molecule has 15 heavy (non-hydrogen) atoms. The van der Waals surface area contributed by atoms with Gasteiger partial charge in [-0.3, -0.25) is 4.18 Å². The van der Waals surface area contributed by atoms with Gasteiger partial charge in [-0.05, 0) is 12.8 Å². The fourth-order valence-corrected chi connectivity index (χ4v) is 2.30. The number of carbonyl (C=O) groups excluding carboxylic acids is 1. The highest BCUT2D eigenvalue weighted by Gasteiger charge is 2.37. The van der Waals surface area contributed by atoms with Crippen molar-refractivity contribution in [2.24, 2.45) is 0 Å². The zero-order valence-electron chi connectivity index (χ0n) is 8.55. The quantitative estimate of drug-likeness (QED) is 0.736. The molecule has 0 aromatic heterocycles. The van der Waals surface area contributed by atoms with Crippen LogP contribution in [0.4, 0.5) is 4.79 Å². The summed E-state index contributed by atoms with van der Waals surface area (Å²) < 4.78 is 33.0. The Morgan fingerprint density at radius 2 is 2.33 bits per heavy atom. The predicted molar refractivity (Wildman–Crippen MR) is 54.5 cm³/mol. The van der Waals surface area contributed by atoms with Gasteiger partial charge in [-0.25, -0.2) is 4.79 Å². The van der Waals surface area contributed by atoms with Crippen LogP contribution in [0.1, 0.15) is 26.2 Å². The van der Waals surface area contributed by atoms with E-state index >= 15 is 0 Å². The lowest BCUT2D eigenvalue weighted by Gasteiger charge is -2.36. The summed E-state index contributed by atoms with van der Waals surface area (Å²) >= 11 is 0. The van der Waals surface area contributed by atoms with E-state index in [0.29, 0.717) is 19.3 Å². The van der Waals surface area contributed by atoms with Crippen LogP contribution in [0, 0.1) is 0 Å². The topological polar surface area (TPSA) is 85.2 Å². The van der Waals surface area contributed by atoms with Crippen molar-refractivity contribution in [3.05, 3.63) is 0 Å². The molecule has 0 spiro atoms. The predicted octanol–water partition coefficient (Wildman–Crippen LogP) is 2.35. The van der Waals surface area contributed by atoms with E-state index in [2.05, 4.69) is 4.74 Å². The molecule has 1 rings (SSSR count). The second-order valence-corrected chi connectivity index (χ2v) is 4.98. The zero-order valence-corrected chi connectivity index (χ0v) is 9.37. The first kappa shape index (κ1) is 12.6. The van der Waals surface area contributed by atoms with E-state index in [4.69, 9.17) is 8.92 Å². The van der Waals surface area contributed by atoms with Crippen molar-refractivity contribution in [3.63, 3.8) is 0 Å². The molecule has 0 saturated carbocycles. The molecular weight excluding hydrogens is 224 g/mol. The molecule has 6 nitrogen and oxygen atoms in total. The molecule has 90 valence electrons. The average molecular weight is 240 g/mol. The molecule has 0 bridgehead atoms. The van der Waals surface area contributed by atoms with Crippen molar-refractivity contribution in [3.8, 4) is 0 Å². The molecule has 1 aliphatic heterocycles. The molecule has 0 aromatic rings. The fourth-order valence-electron chi connectivity index (χ4n) is 1.11. The first-order valence-corrected chi connectivity index (χ1v) is 6.34. The molecule has 1 aliphatic rings. The Balaban J connectivity index is 2.38. The summed E-state index contributed by atoms with van der Waals surface area (Å²) in [6, 6.07) is 0. The van der Waals surface area contributed by atoms with Crippen LogP contribution in [0.2, 0.25) is 0 Å². The molecule has 1 atom stereocenters. The van der Waals surface area contributed by atoms with Crippen molar-refractivity contribution in [1.29, 1.82) is 0 Å². The lowest BCUT2D eigenvalue weighted by molar-refractivity contribution is 0.0271. The van der Waals surface area contributed by atoms with Crippen molar-refractivity contribution in [2.75, 3.05) is 13.2 Å². The maximum atomic E-state index is 11.0. The second kappa shape index (κ2) is 5.55. The van der Waals surface area contributed by atoms with Gasteiger partial charge in [-0.15, -0.1) is 0 Å². The molecule has 2 N–H and O–H groups in total. The first-order chi connectivity index (χ1) is 7.06. The second-order valence-electron chi connectivity index (χ2n) is 3.15. The summed E-state index contributed by atoms with van der Waals surface area (Å²) in [6.45, 7) is 2.38. The fraction of sp³-hybridized carbons (Fsp3) is 0.875. The van der Waals surface area contributed by atoms with Crippen LogP contribution in [0.5, 0.6) is 0 Å². The zero-order chi connectivity index (χ0) is 11.3. The molecular formula is C8H16O6S. The van der Waals surface area contributed by atoms with Crippen molar-refractivity contribution in [1.82, 2.24) is 0 Å². The number of rotatable bonds is 3. The highest BCUT2D eigenvalue weighted by molar-refractivity contribution is 8.20. The van der Waals surface area contributed by atoms with Crippen LogP contribution < -0.4 is 0 Å². The minimum Gasteiger partial charge on any atom is -0.434 e. The Hall–Kier alpha value is -0.500. The first-order valence-electron chi connectivity index (χ1n) is 4.81. The SMILES string of the molecule is CCCOC(=O)OC1CCCOS1(O)O. The van der Waals surface area contributed by atoms with Crippen LogP contribution in [0.3, 0.4) is 0 Å². The molecule has 7 heteroatoms. The van der Waals surface area contributed by atoms with Gasteiger partial charge in [0.05, 0.1) is 13.2 Å². The Kier molecular flexibility index (Phi) is 4.65. The lowest BCUT2D eigenvalue weighted by Crippen LogP contribution is -2.30. The van der Waals surface area contributed by atoms with E-state index < -0.39 is 22.5 Å². The van der Waals surface area contributed by atoms with Gasteiger partial charge in [0.25, 0.3) is 0 Å². The van der Waals surface area contributed by atoms with Gasteiger partial charge >= 0.3 is 6.16 Å². The highest BCUT2D eigenvalue weighted by atomic mass is 32.3. The van der Waals surface area contributed by atoms with E-state index in [1.807, 2.05) is 6.92 Å².